The summed E-state index contributed by atoms with van der Waals surface area (Å²) in [6, 6.07) is 7.74. The smallest absolute Gasteiger partial charge is 0.193 e. The van der Waals surface area contributed by atoms with Crippen LogP contribution in [-0.4, -0.2) is 19.1 Å². The molecule has 15 heavy (non-hydrogen) atoms. The number of guanidine groups is 1. The highest BCUT2D eigenvalue weighted by Gasteiger charge is 2.02. The van der Waals surface area contributed by atoms with E-state index in [1.807, 2.05) is 38.1 Å². The van der Waals surface area contributed by atoms with E-state index in [1.54, 1.807) is 7.11 Å². The highest BCUT2D eigenvalue weighted by molar-refractivity contribution is 5.93. The Morgan fingerprint density at radius 2 is 2.07 bits per heavy atom. The molecule has 0 heterocycles. The number of rotatable bonds is 3. The van der Waals surface area contributed by atoms with E-state index in [1.165, 1.54) is 0 Å². The number of aliphatic imine (C=N–C) groups is 1. The molecule has 0 radical (unpaired) electrons. The molecule has 3 N–H and O–H groups in total. The van der Waals surface area contributed by atoms with Crippen molar-refractivity contribution in [1.29, 1.82) is 0 Å². The zero-order chi connectivity index (χ0) is 11.3. The van der Waals surface area contributed by atoms with E-state index in [2.05, 4.69) is 10.3 Å². The molecule has 1 rings (SSSR count). The van der Waals surface area contributed by atoms with Crippen LogP contribution in [0.15, 0.2) is 29.3 Å². The van der Waals surface area contributed by atoms with Gasteiger partial charge in [-0.05, 0) is 26.0 Å². The van der Waals surface area contributed by atoms with Crippen LogP contribution in [0.2, 0.25) is 0 Å². The van der Waals surface area contributed by atoms with Crippen molar-refractivity contribution in [3.8, 4) is 5.75 Å². The van der Waals surface area contributed by atoms with Crippen molar-refractivity contribution in [2.24, 2.45) is 10.7 Å². The predicted molar refractivity (Wildman–Crippen MR) is 63.4 cm³/mol. The van der Waals surface area contributed by atoms with Gasteiger partial charge in [0.2, 0.25) is 0 Å². The average Bonchev–Trinajstić information content (AvgIpc) is 2.17. The van der Waals surface area contributed by atoms with E-state index >= 15 is 0 Å². The summed E-state index contributed by atoms with van der Waals surface area (Å²) in [4.78, 5) is 4.18. The maximum atomic E-state index is 5.71. The van der Waals surface area contributed by atoms with Crippen LogP contribution < -0.4 is 15.8 Å². The zero-order valence-corrected chi connectivity index (χ0v) is 9.32. The van der Waals surface area contributed by atoms with Gasteiger partial charge in [0.05, 0.1) is 12.8 Å². The first-order valence-electron chi connectivity index (χ1n) is 4.86. The fraction of sp³-hybridized carbons (Fsp3) is 0.364. The van der Waals surface area contributed by atoms with Gasteiger partial charge in [-0.1, -0.05) is 12.1 Å². The van der Waals surface area contributed by atoms with Crippen molar-refractivity contribution >= 4 is 11.6 Å². The minimum atomic E-state index is 0.173. The molecule has 0 fully saturated rings. The normalized spacial score (nSPS) is 11.6. The Bertz CT molecular complexity index is 347. The summed E-state index contributed by atoms with van der Waals surface area (Å²) >= 11 is 0. The van der Waals surface area contributed by atoms with Crippen LogP contribution in [0.25, 0.3) is 0 Å². The summed E-state index contributed by atoms with van der Waals surface area (Å²) in [5, 5.41) is 3.00. The van der Waals surface area contributed by atoms with Crippen molar-refractivity contribution < 1.29 is 4.74 Å². The molecule has 0 saturated heterocycles. The molecule has 0 unspecified atom stereocenters. The van der Waals surface area contributed by atoms with Crippen LogP contribution in [-0.2, 0) is 0 Å². The summed E-state index contributed by atoms with van der Waals surface area (Å²) in [6.45, 7) is 3.94. The van der Waals surface area contributed by atoms with Gasteiger partial charge in [0.15, 0.2) is 5.96 Å². The fourth-order valence-corrected chi connectivity index (χ4v) is 1.20. The Kier molecular flexibility index (Phi) is 3.97. The van der Waals surface area contributed by atoms with Crippen LogP contribution in [0.4, 0.5) is 5.69 Å². The van der Waals surface area contributed by atoms with E-state index in [9.17, 15) is 0 Å². The Balaban J connectivity index is 2.80. The van der Waals surface area contributed by atoms with Gasteiger partial charge in [-0.25, -0.2) is 0 Å². The van der Waals surface area contributed by atoms with Gasteiger partial charge in [0.1, 0.15) is 5.75 Å². The third kappa shape index (κ3) is 3.50. The van der Waals surface area contributed by atoms with E-state index in [0.717, 1.165) is 11.4 Å². The van der Waals surface area contributed by atoms with Crippen molar-refractivity contribution in [3.63, 3.8) is 0 Å². The number of ether oxygens (including phenoxy) is 1. The monoisotopic (exact) mass is 207 g/mol. The number of anilines is 1. The Hall–Kier alpha value is -1.71. The molecule has 0 spiro atoms. The highest BCUT2D eigenvalue weighted by atomic mass is 16.5. The SMILES string of the molecule is COc1ccccc1NC(N)=NC(C)C. The molecule has 0 saturated carbocycles. The summed E-state index contributed by atoms with van der Waals surface area (Å²) in [6.07, 6.45) is 0. The van der Waals surface area contributed by atoms with Gasteiger partial charge in [0.25, 0.3) is 0 Å². The first-order chi connectivity index (χ1) is 7.13. The second-order valence-corrected chi connectivity index (χ2v) is 3.43. The van der Waals surface area contributed by atoms with Crippen LogP contribution in [0, 0.1) is 0 Å². The lowest BCUT2D eigenvalue weighted by atomic mass is 10.3. The molecule has 0 bridgehead atoms. The molecule has 4 heteroatoms. The second-order valence-electron chi connectivity index (χ2n) is 3.43. The third-order valence-electron chi connectivity index (χ3n) is 1.77. The van der Waals surface area contributed by atoms with Gasteiger partial charge in [0, 0.05) is 6.04 Å². The molecule has 1 aromatic rings. The minimum Gasteiger partial charge on any atom is -0.495 e. The molecular formula is C11H17N3O. The lowest BCUT2D eigenvalue weighted by Crippen LogP contribution is -2.24. The Morgan fingerprint density at radius 1 is 1.40 bits per heavy atom. The van der Waals surface area contributed by atoms with Gasteiger partial charge in [-0.2, -0.15) is 0 Å². The summed E-state index contributed by atoms with van der Waals surface area (Å²) in [5.74, 6) is 1.15. The number of hydrogen-bond donors (Lipinski definition) is 2. The molecule has 0 aliphatic heterocycles. The number of nitrogens with two attached hydrogens (primary N) is 1. The maximum absolute atomic E-state index is 5.71. The lowest BCUT2D eigenvalue weighted by molar-refractivity contribution is 0.417. The van der Waals surface area contributed by atoms with E-state index in [0.29, 0.717) is 5.96 Å². The quantitative estimate of drug-likeness (QED) is 0.587. The van der Waals surface area contributed by atoms with Crippen LogP contribution in [0.3, 0.4) is 0 Å². The first-order valence-corrected chi connectivity index (χ1v) is 4.86. The van der Waals surface area contributed by atoms with Gasteiger partial charge >= 0.3 is 0 Å². The molecule has 4 nitrogen and oxygen atoms in total. The molecule has 0 aliphatic rings. The number of para-hydroxylation sites is 2. The maximum Gasteiger partial charge on any atom is 0.193 e. The number of hydrogen-bond acceptors (Lipinski definition) is 2. The molecule has 0 aliphatic carbocycles. The first kappa shape index (κ1) is 11.4. The Labute approximate surface area is 90.2 Å². The third-order valence-corrected chi connectivity index (χ3v) is 1.77. The molecule has 0 aromatic heterocycles. The van der Waals surface area contributed by atoms with Gasteiger partial charge in [-0.15, -0.1) is 0 Å². The topological polar surface area (TPSA) is 59.6 Å². The van der Waals surface area contributed by atoms with Crippen LogP contribution in [0.1, 0.15) is 13.8 Å². The second kappa shape index (κ2) is 5.24. The van der Waals surface area contributed by atoms with Crippen LogP contribution >= 0.6 is 0 Å². The van der Waals surface area contributed by atoms with Crippen molar-refractivity contribution in [2.45, 2.75) is 19.9 Å². The molecule has 1 aromatic carbocycles. The van der Waals surface area contributed by atoms with Crippen molar-refractivity contribution in [1.82, 2.24) is 0 Å². The Morgan fingerprint density at radius 3 is 2.67 bits per heavy atom. The van der Waals surface area contributed by atoms with Crippen molar-refractivity contribution in [2.75, 3.05) is 12.4 Å². The predicted octanol–water partition coefficient (Wildman–Crippen LogP) is 1.83. The van der Waals surface area contributed by atoms with Crippen molar-refractivity contribution in [3.05, 3.63) is 24.3 Å². The lowest BCUT2D eigenvalue weighted by Gasteiger charge is -2.10. The van der Waals surface area contributed by atoms with Crippen LogP contribution in [0.5, 0.6) is 5.75 Å². The molecular weight excluding hydrogens is 190 g/mol. The molecule has 82 valence electrons. The van der Waals surface area contributed by atoms with Gasteiger partial charge in [-0.3, -0.25) is 4.99 Å². The summed E-state index contributed by atoms with van der Waals surface area (Å²) in [5.41, 5.74) is 6.53. The van der Waals surface area contributed by atoms with Gasteiger partial charge < -0.3 is 15.8 Å². The molecule has 0 atom stereocenters. The van der Waals surface area contributed by atoms with E-state index in [-0.39, 0.29) is 6.04 Å². The standard InChI is InChI=1S/C11H17N3O/c1-8(2)13-11(12)14-9-6-4-5-7-10(9)15-3/h4-8H,1-3H3,(H3,12,13,14). The minimum absolute atomic E-state index is 0.173. The largest absolute Gasteiger partial charge is 0.495 e. The number of nitrogens with zero attached hydrogens (tertiary/aromatic N) is 1. The summed E-state index contributed by atoms with van der Waals surface area (Å²) in [7, 11) is 1.62. The average molecular weight is 207 g/mol. The van der Waals surface area contributed by atoms with E-state index in [4.69, 9.17) is 10.5 Å². The summed E-state index contributed by atoms with van der Waals surface area (Å²) < 4.78 is 5.18. The van der Waals surface area contributed by atoms with E-state index < -0.39 is 0 Å². The zero-order valence-electron chi connectivity index (χ0n) is 9.32. The number of benzene rings is 1. The number of methoxy groups -OCH3 is 1. The molecule has 0 amide bonds. The highest BCUT2D eigenvalue weighted by Crippen LogP contribution is 2.22. The fourth-order valence-electron chi connectivity index (χ4n) is 1.20. The number of nitrogens with one attached hydrogen (secondary N) is 1.